The molecular weight excluding hydrogens is 474 g/mol. The molecule has 4 nitrogen and oxygen atoms in total. The van der Waals surface area contributed by atoms with Gasteiger partial charge in [0.25, 0.3) is 10.0 Å². The van der Waals surface area contributed by atoms with E-state index in [4.69, 9.17) is 11.6 Å². The molecule has 0 aliphatic heterocycles. The first-order chi connectivity index (χ1) is 13.9. The van der Waals surface area contributed by atoms with Gasteiger partial charge in [0.2, 0.25) is 0 Å². The smallest absolute Gasteiger partial charge is 0.261 e. The summed E-state index contributed by atoms with van der Waals surface area (Å²) in [4.78, 5) is 12.9. The molecule has 0 radical (unpaired) electrons. The highest BCUT2D eigenvalue weighted by Crippen LogP contribution is 2.26. The molecule has 0 saturated heterocycles. The van der Waals surface area contributed by atoms with Gasteiger partial charge in [0.05, 0.1) is 10.6 Å². The van der Waals surface area contributed by atoms with Crippen LogP contribution in [0.25, 0.3) is 0 Å². The highest BCUT2D eigenvalue weighted by atomic mass is 79.9. The van der Waals surface area contributed by atoms with Gasteiger partial charge in [-0.05, 0) is 35.9 Å². The van der Waals surface area contributed by atoms with Gasteiger partial charge in [-0.15, -0.1) is 0 Å². The maximum atomic E-state index is 12.8. The zero-order chi connectivity index (χ0) is 21.4. The van der Waals surface area contributed by atoms with Crippen LogP contribution in [-0.2, 0) is 15.4 Å². The lowest BCUT2D eigenvalue weighted by molar-refractivity contribution is 0.103. The van der Waals surface area contributed by atoms with Crippen LogP contribution in [0.15, 0.2) is 77.7 Å². The fourth-order valence-corrected chi connectivity index (χ4v) is 4.13. The molecule has 0 bridgehead atoms. The minimum Gasteiger partial charge on any atom is -0.289 e. The van der Waals surface area contributed by atoms with Crippen molar-refractivity contribution in [3.8, 4) is 0 Å². The van der Waals surface area contributed by atoms with Crippen LogP contribution in [0.3, 0.4) is 0 Å². The molecule has 152 valence electrons. The van der Waals surface area contributed by atoms with Crippen molar-refractivity contribution in [2.75, 3.05) is 4.72 Å². The van der Waals surface area contributed by atoms with Gasteiger partial charge in [-0.2, -0.15) is 0 Å². The zero-order valence-electron chi connectivity index (χ0n) is 16.0. The second kappa shape index (κ2) is 10.6. The van der Waals surface area contributed by atoms with Crippen LogP contribution >= 0.6 is 27.5 Å². The molecule has 0 saturated carbocycles. The van der Waals surface area contributed by atoms with Gasteiger partial charge in [-0.1, -0.05) is 83.8 Å². The number of benzene rings is 3. The molecular formula is C22H21BrClNO3S. The fourth-order valence-electron chi connectivity index (χ4n) is 2.50. The van der Waals surface area contributed by atoms with Crippen molar-refractivity contribution in [1.29, 1.82) is 0 Å². The maximum Gasteiger partial charge on any atom is 0.261 e. The third-order valence-corrected chi connectivity index (χ3v) is 6.16. The quantitative estimate of drug-likeness (QED) is 0.323. The molecule has 29 heavy (non-hydrogen) atoms. The van der Waals surface area contributed by atoms with E-state index in [-0.39, 0.29) is 21.9 Å². The summed E-state index contributed by atoms with van der Waals surface area (Å²) >= 11 is 9.36. The maximum absolute atomic E-state index is 12.8. The number of carbonyl (C=O) groups is 1. The number of rotatable bonds is 6. The Morgan fingerprint density at radius 2 is 1.59 bits per heavy atom. The first-order valence-corrected chi connectivity index (χ1v) is 12.0. The topological polar surface area (TPSA) is 63.2 Å². The third kappa shape index (κ3) is 5.92. The summed E-state index contributed by atoms with van der Waals surface area (Å²) in [7, 11) is -3.85. The Hall–Kier alpha value is -2.15. The summed E-state index contributed by atoms with van der Waals surface area (Å²) in [5, 5.41) is 0.979. The van der Waals surface area contributed by atoms with Crippen molar-refractivity contribution < 1.29 is 13.2 Å². The van der Waals surface area contributed by atoms with Gasteiger partial charge in [0.15, 0.2) is 5.78 Å². The standard InChI is InChI=1S/C20H15BrClNO3S.C2H6/c21-13-14-6-9-17(10-7-14)27(25,26)23-19-11-8-16(22)12-18(19)20(24)15-4-2-1-3-5-15;1-2/h1-12,23H,13H2;1-2H3. The van der Waals surface area contributed by atoms with E-state index in [1.165, 1.54) is 30.3 Å². The molecule has 0 aromatic heterocycles. The van der Waals surface area contributed by atoms with Crippen LogP contribution in [0.2, 0.25) is 5.02 Å². The Morgan fingerprint density at radius 3 is 2.17 bits per heavy atom. The lowest BCUT2D eigenvalue weighted by Crippen LogP contribution is -2.16. The summed E-state index contributed by atoms with van der Waals surface area (Å²) in [6.07, 6.45) is 0. The van der Waals surface area contributed by atoms with Crippen LogP contribution < -0.4 is 4.72 Å². The predicted octanol–water partition coefficient (Wildman–Crippen LogP) is 6.29. The Morgan fingerprint density at radius 1 is 0.966 bits per heavy atom. The van der Waals surface area contributed by atoms with Gasteiger partial charge >= 0.3 is 0 Å². The number of nitrogens with one attached hydrogen (secondary N) is 1. The van der Waals surface area contributed by atoms with Gasteiger partial charge in [0, 0.05) is 21.5 Å². The zero-order valence-corrected chi connectivity index (χ0v) is 19.2. The minimum atomic E-state index is -3.85. The predicted molar refractivity (Wildman–Crippen MR) is 123 cm³/mol. The molecule has 7 heteroatoms. The van der Waals surface area contributed by atoms with Crippen molar-refractivity contribution in [2.45, 2.75) is 24.1 Å². The van der Waals surface area contributed by atoms with Crippen LogP contribution in [0.5, 0.6) is 0 Å². The van der Waals surface area contributed by atoms with E-state index >= 15 is 0 Å². The van der Waals surface area contributed by atoms with Crippen LogP contribution in [0.4, 0.5) is 5.69 Å². The number of anilines is 1. The first kappa shape index (κ1) is 23.1. The average Bonchev–Trinajstić information content (AvgIpc) is 2.76. The number of sulfonamides is 1. The number of carbonyl (C=O) groups excluding carboxylic acids is 1. The van der Waals surface area contributed by atoms with Crippen LogP contribution in [0.1, 0.15) is 35.3 Å². The van der Waals surface area contributed by atoms with Crippen molar-refractivity contribution >= 4 is 49.0 Å². The summed E-state index contributed by atoms with van der Waals surface area (Å²) in [5.41, 5.74) is 1.77. The van der Waals surface area contributed by atoms with Crippen molar-refractivity contribution in [1.82, 2.24) is 0 Å². The lowest BCUT2D eigenvalue weighted by atomic mass is 10.0. The highest BCUT2D eigenvalue weighted by Gasteiger charge is 2.20. The van der Waals surface area contributed by atoms with E-state index in [1.54, 1.807) is 42.5 Å². The highest BCUT2D eigenvalue weighted by molar-refractivity contribution is 9.08. The molecule has 0 heterocycles. The van der Waals surface area contributed by atoms with Crippen LogP contribution in [-0.4, -0.2) is 14.2 Å². The minimum absolute atomic E-state index is 0.111. The van der Waals surface area contributed by atoms with Gasteiger partial charge in [-0.3, -0.25) is 9.52 Å². The summed E-state index contributed by atoms with van der Waals surface area (Å²) in [5.74, 6) is -0.314. The second-order valence-corrected chi connectivity index (χ2v) is 8.45. The number of ketones is 1. The average molecular weight is 495 g/mol. The molecule has 0 atom stereocenters. The number of hydrogen-bond acceptors (Lipinski definition) is 3. The van der Waals surface area contributed by atoms with Gasteiger partial charge in [-0.25, -0.2) is 8.42 Å². The molecule has 1 N–H and O–H groups in total. The van der Waals surface area contributed by atoms with E-state index in [0.29, 0.717) is 15.9 Å². The molecule has 3 aromatic carbocycles. The van der Waals surface area contributed by atoms with Gasteiger partial charge in [0.1, 0.15) is 0 Å². The van der Waals surface area contributed by atoms with Gasteiger partial charge < -0.3 is 0 Å². The largest absolute Gasteiger partial charge is 0.289 e. The van der Waals surface area contributed by atoms with Crippen molar-refractivity contribution in [2.24, 2.45) is 0 Å². The Balaban J connectivity index is 0.00000145. The SMILES string of the molecule is CC.O=C(c1ccccc1)c1cc(Cl)ccc1NS(=O)(=O)c1ccc(CBr)cc1. The lowest BCUT2D eigenvalue weighted by Gasteiger charge is -2.13. The van der Waals surface area contributed by atoms with E-state index in [1.807, 2.05) is 13.8 Å². The molecule has 0 aliphatic carbocycles. The Kier molecular flexibility index (Phi) is 8.44. The summed E-state index contributed by atoms with van der Waals surface area (Å²) in [6, 6.07) is 19.6. The van der Waals surface area contributed by atoms with E-state index in [9.17, 15) is 13.2 Å². The summed E-state index contributed by atoms with van der Waals surface area (Å²) in [6.45, 7) is 4.00. The van der Waals surface area contributed by atoms with Crippen molar-refractivity contribution in [3.63, 3.8) is 0 Å². The van der Waals surface area contributed by atoms with E-state index in [0.717, 1.165) is 5.56 Å². The number of halogens is 2. The van der Waals surface area contributed by atoms with E-state index in [2.05, 4.69) is 20.7 Å². The fraction of sp³-hybridized carbons (Fsp3) is 0.136. The van der Waals surface area contributed by atoms with Crippen LogP contribution in [0, 0.1) is 0 Å². The molecule has 3 rings (SSSR count). The normalized spacial score (nSPS) is 10.6. The monoisotopic (exact) mass is 493 g/mol. The molecule has 0 unspecified atom stereocenters. The molecule has 0 spiro atoms. The molecule has 3 aromatic rings. The number of hydrogen-bond donors (Lipinski definition) is 1. The first-order valence-electron chi connectivity index (χ1n) is 8.98. The second-order valence-electron chi connectivity index (χ2n) is 5.77. The third-order valence-electron chi connectivity index (χ3n) is 3.89. The number of alkyl halides is 1. The Bertz CT molecular complexity index is 1070. The summed E-state index contributed by atoms with van der Waals surface area (Å²) < 4.78 is 28.0. The molecule has 0 aliphatic rings. The molecule has 0 fully saturated rings. The molecule has 0 amide bonds. The Labute approximate surface area is 185 Å². The van der Waals surface area contributed by atoms with Crippen molar-refractivity contribution in [3.05, 3.63) is 94.5 Å². The van der Waals surface area contributed by atoms with E-state index < -0.39 is 10.0 Å².